The van der Waals surface area contributed by atoms with Gasteiger partial charge in [-0.05, 0) is 31.2 Å². The maximum Gasteiger partial charge on any atom is 0.278 e. The molecule has 0 radical (unpaired) electrons. The van der Waals surface area contributed by atoms with Crippen LogP contribution in [0.4, 0.5) is 10.1 Å². The van der Waals surface area contributed by atoms with Gasteiger partial charge in [0, 0.05) is 0 Å². The SMILES string of the molecule is Cc1c(C(=O)Nc2ccccc2F)nnn1-c1ccccc1. The summed E-state index contributed by atoms with van der Waals surface area (Å²) >= 11 is 0. The Hall–Kier alpha value is -3.02. The highest BCUT2D eigenvalue weighted by Crippen LogP contribution is 2.16. The number of amides is 1. The minimum atomic E-state index is -0.496. The normalized spacial score (nSPS) is 10.5. The Morgan fingerprint density at radius 2 is 1.77 bits per heavy atom. The maximum atomic E-state index is 13.6. The van der Waals surface area contributed by atoms with Crippen LogP contribution in [0.5, 0.6) is 0 Å². The van der Waals surface area contributed by atoms with Crippen molar-refractivity contribution in [3.63, 3.8) is 0 Å². The Morgan fingerprint density at radius 1 is 1.09 bits per heavy atom. The van der Waals surface area contributed by atoms with Gasteiger partial charge >= 0.3 is 0 Å². The van der Waals surface area contributed by atoms with Crippen molar-refractivity contribution in [1.29, 1.82) is 0 Å². The molecule has 1 amide bonds. The van der Waals surface area contributed by atoms with Gasteiger partial charge in [0.05, 0.1) is 17.1 Å². The van der Waals surface area contributed by atoms with Gasteiger partial charge in [-0.3, -0.25) is 4.79 Å². The summed E-state index contributed by atoms with van der Waals surface area (Å²) in [5, 5.41) is 10.4. The van der Waals surface area contributed by atoms with Crippen LogP contribution in [0.1, 0.15) is 16.2 Å². The molecule has 0 aliphatic rings. The van der Waals surface area contributed by atoms with E-state index < -0.39 is 11.7 Å². The minimum Gasteiger partial charge on any atom is -0.318 e. The summed E-state index contributed by atoms with van der Waals surface area (Å²) in [6.07, 6.45) is 0. The molecule has 3 rings (SSSR count). The van der Waals surface area contributed by atoms with Gasteiger partial charge in [-0.1, -0.05) is 35.5 Å². The van der Waals surface area contributed by atoms with Gasteiger partial charge in [0.2, 0.25) is 0 Å². The zero-order valence-electron chi connectivity index (χ0n) is 11.8. The monoisotopic (exact) mass is 296 g/mol. The fourth-order valence-electron chi connectivity index (χ4n) is 2.10. The molecule has 0 unspecified atom stereocenters. The average Bonchev–Trinajstić information content (AvgIpc) is 2.92. The van der Waals surface area contributed by atoms with E-state index in [9.17, 15) is 9.18 Å². The molecule has 1 heterocycles. The summed E-state index contributed by atoms with van der Waals surface area (Å²) in [6, 6.07) is 15.3. The lowest BCUT2D eigenvalue weighted by Crippen LogP contribution is -2.15. The molecule has 3 aromatic rings. The first-order valence-corrected chi connectivity index (χ1v) is 6.70. The van der Waals surface area contributed by atoms with Crippen molar-refractivity contribution < 1.29 is 9.18 Å². The molecule has 5 nitrogen and oxygen atoms in total. The van der Waals surface area contributed by atoms with Crippen LogP contribution in [0.2, 0.25) is 0 Å². The van der Waals surface area contributed by atoms with Crippen LogP contribution in [-0.4, -0.2) is 20.9 Å². The fourth-order valence-corrected chi connectivity index (χ4v) is 2.10. The fraction of sp³-hybridized carbons (Fsp3) is 0.0625. The number of hydrogen-bond donors (Lipinski definition) is 1. The van der Waals surface area contributed by atoms with E-state index in [-0.39, 0.29) is 11.4 Å². The predicted molar refractivity (Wildman–Crippen MR) is 80.4 cm³/mol. The molecule has 1 aromatic heterocycles. The van der Waals surface area contributed by atoms with Gasteiger partial charge in [-0.15, -0.1) is 5.10 Å². The molecule has 0 atom stereocenters. The number of halogens is 1. The molecule has 0 bridgehead atoms. The van der Waals surface area contributed by atoms with Gasteiger partial charge in [-0.2, -0.15) is 0 Å². The molecule has 0 saturated carbocycles. The smallest absolute Gasteiger partial charge is 0.278 e. The van der Waals surface area contributed by atoms with Crippen LogP contribution in [0, 0.1) is 12.7 Å². The van der Waals surface area contributed by atoms with Gasteiger partial charge in [0.25, 0.3) is 5.91 Å². The highest BCUT2D eigenvalue weighted by atomic mass is 19.1. The van der Waals surface area contributed by atoms with E-state index >= 15 is 0 Å². The highest BCUT2D eigenvalue weighted by molar-refractivity contribution is 6.03. The van der Waals surface area contributed by atoms with Crippen LogP contribution < -0.4 is 5.32 Å². The van der Waals surface area contributed by atoms with E-state index in [4.69, 9.17) is 0 Å². The van der Waals surface area contributed by atoms with Crippen LogP contribution >= 0.6 is 0 Å². The minimum absolute atomic E-state index is 0.112. The second-order valence-electron chi connectivity index (χ2n) is 4.70. The predicted octanol–water partition coefficient (Wildman–Crippen LogP) is 2.97. The Bertz CT molecular complexity index is 814. The standard InChI is InChI=1S/C16H13FN4O/c1-11-15(16(22)18-14-10-6-5-9-13(14)17)19-20-21(11)12-7-3-2-4-8-12/h2-10H,1H3,(H,18,22). The van der Waals surface area contributed by atoms with Gasteiger partial charge in [0.1, 0.15) is 5.82 Å². The largest absolute Gasteiger partial charge is 0.318 e. The first-order chi connectivity index (χ1) is 10.7. The number of carbonyl (C=O) groups excluding carboxylic acids is 1. The Balaban J connectivity index is 1.89. The second-order valence-corrected chi connectivity index (χ2v) is 4.70. The number of nitrogens with zero attached hydrogens (tertiary/aromatic N) is 3. The first kappa shape index (κ1) is 13.9. The van der Waals surface area contributed by atoms with E-state index in [1.54, 1.807) is 23.7 Å². The summed E-state index contributed by atoms with van der Waals surface area (Å²) in [5.74, 6) is -0.992. The lowest BCUT2D eigenvalue weighted by Gasteiger charge is -2.05. The van der Waals surface area contributed by atoms with E-state index in [0.717, 1.165) is 5.69 Å². The van der Waals surface area contributed by atoms with Crippen molar-refractivity contribution in [2.24, 2.45) is 0 Å². The molecule has 0 fully saturated rings. The van der Waals surface area contributed by atoms with Crippen LogP contribution in [0.15, 0.2) is 54.6 Å². The summed E-state index contributed by atoms with van der Waals surface area (Å²) < 4.78 is 15.1. The average molecular weight is 296 g/mol. The first-order valence-electron chi connectivity index (χ1n) is 6.70. The van der Waals surface area contributed by atoms with Gasteiger partial charge < -0.3 is 5.32 Å². The molecule has 22 heavy (non-hydrogen) atoms. The molecule has 110 valence electrons. The molecule has 1 N–H and O–H groups in total. The summed E-state index contributed by atoms with van der Waals surface area (Å²) in [6.45, 7) is 1.74. The van der Waals surface area contributed by atoms with Gasteiger partial charge in [-0.25, -0.2) is 9.07 Å². The molecular formula is C16H13FN4O. The molecule has 0 aliphatic carbocycles. The number of benzene rings is 2. The summed E-state index contributed by atoms with van der Waals surface area (Å²) in [7, 11) is 0. The van der Waals surface area contributed by atoms with Crippen LogP contribution in [-0.2, 0) is 0 Å². The van der Waals surface area contributed by atoms with Crippen LogP contribution in [0.3, 0.4) is 0 Å². The molecule has 0 spiro atoms. The van der Waals surface area contributed by atoms with E-state index in [2.05, 4.69) is 15.6 Å². The lowest BCUT2D eigenvalue weighted by molar-refractivity contribution is 0.102. The number of hydrogen-bond acceptors (Lipinski definition) is 3. The third-order valence-corrected chi connectivity index (χ3v) is 3.23. The third kappa shape index (κ3) is 2.58. The number of carbonyl (C=O) groups is 1. The Kier molecular flexibility index (Phi) is 3.65. The van der Waals surface area contributed by atoms with Gasteiger partial charge in [0.15, 0.2) is 5.69 Å². The maximum absolute atomic E-state index is 13.6. The summed E-state index contributed by atoms with van der Waals surface area (Å²) in [5.41, 5.74) is 1.66. The van der Waals surface area contributed by atoms with Crippen molar-refractivity contribution in [1.82, 2.24) is 15.0 Å². The van der Waals surface area contributed by atoms with E-state index in [1.165, 1.54) is 12.1 Å². The quantitative estimate of drug-likeness (QED) is 0.808. The van der Waals surface area contributed by atoms with E-state index in [0.29, 0.717) is 5.69 Å². The van der Waals surface area contributed by atoms with Crippen molar-refractivity contribution >= 4 is 11.6 Å². The highest BCUT2D eigenvalue weighted by Gasteiger charge is 2.18. The zero-order chi connectivity index (χ0) is 15.5. The van der Waals surface area contributed by atoms with Crippen molar-refractivity contribution in [3.05, 3.63) is 71.8 Å². The third-order valence-electron chi connectivity index (χ3n) is 3.23. The molecule has 6 heteroatoms. The number of para-hydroxylation sites is 2. The van der Waals surface area contributed by atoms with E-state index in [1.807, 2.05) is 30.3 Å². The number of anilines is 1. The van der Waals surface area contributed by atoms with Crippen molar-refractivity contribution in [2.45, 2.75) is 6.92 Å². The number of aromatic nitrogens is 3. The summed E-state index contributed by atoms with van der Waals surface area (Å²) in [4.78, 5) is 12.2. The van der Waals surface area contributed by atoms with Crippen molar-refractivity contribution in [3.8, 4) is 5.69 Å². The Labute approximate surface area is 126 Å². The number of rotatable bonds is 3. The molecular weight excluding hydrogens is 283 g/mol. The Morgan fingerprint density at radius 3 is 2.50 bits per heavy atom. The topological polar surface area (TPSA) is 59.8 Å². The van der Waals surface area contributed by atoms with Crippen molar-refractivity contribution in [2.75, 3.05) is 5.32 Å². The zero-order valence-corrected chi connectivity index (χ0v) is 11.8. The molecule has 0 saturated heterocycles. The lowest BCUT2D eigenvalue weighted by atomic mass is 10.2. The molecule has 2 aromatic carbocycles. The van der Waals surface area contributed by atoms with Crippen LogP contribution in [0.25, 0.3) is 5.69 Å². The second kappa shape index (κ2) is 5.77. The molecule has 0 aliphatic heterocycles. The number of nitrogens with one attached hydrogen (secondary N) is 1.